The van der Waals surface area contributed by atoms with Gasteiger partial charge in [-0.2, -0.15) is 0 Å². The van der Waals surface area contributed by atoms with E-state index in [9.17, 15) is 14.7 Å². The summed E-state index contributed by atoms with van der Waals surface area (Å²) in [5.74, 6) is 1.40. The van der Waals surface area contributed by atoms with Gasteiger partial charge in [0.25, 0.3) is 0 Å². The number of ether oxygens (including phenoxy) is 2. The highest BCUT2D eigenvalue weighted by Crippen LogP contribution is 2.36. The molecular formula is C30H26O5. The van der Waals surface area contributed by atoms with Gasteiger partial charge in [-0.05, 0) is 90.3 Å². The number of carbonyl (C=O) groups is 2. The first-order chi connectivity index (χ1) is 16.9. The molecule has 0 aliphatic rings. The molecular weight excluding hydrogens is 440 g/mol. The summed E-state index contributed by atoms with van der Waals surface area (Å²) in [7, 11) is 0. The monoisotopic (exact) mass is 466 g/mol. The van der Waals surface area contributed by atoms with Gasteiger partial charge in [-0.3, -0.25) is 4.79 Å². The van der Waals surface area contributed by atoms with E-state index in [0.717, 1.165) is 23.8 Å². The molecule has 0 saturated carbocycles. The number of phenolic OH excluding ortho intramolecular Hbond substituents is 1. The fraction of sp³-hybridized carbons (Fsp3) is 0.133. The summed E-state index contributed by atoms with van der Waals surface area (Å²) >= 11 is 0. The van der Waals surface area contributed by atoms with Crippen molar-refractivity contribution in [3.05, 3.63) is 119 Å². The zero-order valence-electron chi connectivity index (χ0n) is 19.6. The van der Waals surface area contributed by atoms with Gasteiger partial charge < -0.3 is 14.6 Å². The van der Waals surface area contributed by atoms with Crippen LogP contribution in [0, 0.1) is 0 Å². The van der Waals surface area contributed by atoms with Crippen molar-refractivity contribution in [3.8, 4) is 23.0 Å². The molecule has 0 fully saturated rings. The Hall–Kier alpha value is -4.38. The summed E-state index contributed by atoms with van der Waals surface area (Å²) in [5.41, 5.74) is 2.93. The van der Waals surface area contributed by atoms with Gasteiger partial charge in [0.05, 0.1) is 5.56 Å². The van der Waals surface area contributed by atoms with Crippen LogP contribution in [0.15, 0.2) is 97.1 Å². The molecule has 0 aliphatic heterocycles. The van der Waals surface area contributed by atoms with E-state index in [-0.39, 0.29) is 11.2 Å². The summed E-state index contributed by atoms with van der Waals surface area (Å²) < 4.78 is 11.3. The average Bonchev–Trinajstić information content (AvgIpc) is 2.90. The lowest BCUT2D eigenvalue weighted by Crippen LogP contribution is -2.22. The standard InChI is InChI=1S/C30H26O5/c1-3-30(2,23-8-12-25(32)13-9-23)24-10-18-28(19-11-24)35-29(33)22-6-16-27(17-7-22)34-26-14-4-21(20-31)5-15-26/h4-20,32H,3H2,1-2H3. The maximum Gasteiger partial charge on any atom is 0.343 e. The molecule has 1 N–H and O–H groups in total. The summed E-state index contributed by atoms with van der Waals surface area (Å²) in [4.78, 5) is 23.4. The number of hydrogen-bond donors (Lipinski definition) is 1. The van der Waals surface area contributed by atoms with Gasteiger partial charge in [0.1, 0.15) is 29.3 Å². The van der Waals surface area contributed by atoms with Crippen LogP contribution in [0.25, 0.3) is 0 Å². The van der Waals surface area contributed by atoms with E-state index < -0.39 is 5.97 Å². The number of hydrogen-bond acceptors (Lipinski definition) is 5. The molecule has 1 atom stereocenters. The van der Waals surface area contributed by atoms with E-state index in [1.165, 1.54) is 0 Å². The quantitative estimate of drug-likeness (QED) is 0.173. The van der Waals surface area contributed by atoms with Gasteiger partial charge >= 0.3 is 5.97 Å². The zero-order chi connectivity index (χ0) is 24.8. The number of rotatable bonds is 8. The third kappa shape index (κ3) is 5.41. The Morgan fingerprint density at radius 1 is 0.771 bits per heavy atom. The van der Waals surface area contributed by atoms with Crippen LogP contribution in [0.4, 0.5) is 0 Å². The molecule has 0 spiro atoms. The maximum atomic E-state index is 12.6. The lowest BCUT2D eigenvalue weighted by atomic mass is 9.74. The molecule has 35 heavy (non-hydrogen) atoms. The minimum atomic E-state index is -0.462. The number of esters is 1. The first kappa shape index (κ1) is 23.8. The summed E-state index contributed by atoms with van der Waals surface area (Å²) in [6, 6.07) is 28.2. The van der Waals surface area contributed by atoms with Crippen LogP contribution in [0.1, 0.15) is 52.1 Å². The molecule has 5 nitrogen and oxygen atoms in total. The Morgan fingerprint density at radius 2 is 1.26 bits per heavy atom. The number of aldehydes is 1. The Kier molecular flexibility index (Phi) is 6.97. The topological polar surface area (TPSA) is 72.8 Å². The fourth-order valence-corrected chi connectivity index (χ4v) is 3.87. The van der Waals surface area contributed by atoms with Crippen LogP contribution >= 0.6 is 0 Å². The Morgan fingerprint density at radius 3 is 1.77 bits per heavy atom. The van der Waals surface area contributed by atoms with Gasteiger partial charge in [0.2, 0.25) is 0 Å². The first-order valence-corrected chi connectivity index (χ1v) is 11.4. The molecule has 4 rings (SSSR count). The molecule has 0 amide bonds. The highest BCUT2D eigenvalue weighted by molar-refractivity contribution is 5.91. The van der Waals surface area contributed by atoms with Crippen LogP contribution in [-0.2, 0) is 5.41 Å². The van der Waals surface area contributed by atoms with E-state index >= 15 is 0 Å². The van der Waals surface area contributed by atoms with Crippen molar-refractivity contribution in [2.75, 3.05) is 0 Å². The first-order valence-electron chi connectivity index (χ1n) is 11.4. The SMILES string of the molecule is CCC(C)(c1ccc(O)cc1)c1ccc(OC(=O)c2ccc(Oc3ccc(C=O)cc3)cc2)cc1. The van der Waals surface area contributed by atoms with Crippen LogP contribution in [0.2, 0.25) is 0 Å². The largest absolute Gasteiger partial charge is 0.508 e. The van der Waals surface area contributed by atoms with Crippen molar-refractivity contribution in [1.29, 1.82) is 0 Å². The highest BCUT2D eigenvalue weighted by Gasteiger charge is 2.27. The number of carbonyl (C=O) groups excluding carboxylic acids is 2. The minimum Gasteiger partial charge on any atom is -0.508 e. The zero-order valence-corrected chi connectivity index (χ0v) is 19.6. The number of aromatic hydroxyl groups is 1. The van der Waals surface area contributed by atoms with Gasteiger partial charge in [-0.15, -0.1) is 0 Å². The van der Waals surface area contributed by atoms with Crippen molar-refractivity contribution in [2.45, 2.75) is 25.7 Å². The molecule has 0 saturated heterocycles. The third-order valence-corrected chi connectivity index (χ3v) is 6.26. The molecule has 0 bridgehead atoms. The van der Waals surface area contributed by atoms with Gasteiger partial charge in [0, 0.05) is 11.0 Å². The summed E-state index contributed by atoms with van der Waals surface area (Å²) in [5, 5.41) is 9.61. The molecule has 0 radical (unpaired) electrons. The number of benzene rings is 4. The average molecular weight is 467 g/mol. The second-order valence-corrected chi connectivity index (χ2v) is 8.46. The van der Waals surface area contributed by atoms with Gasteiger partial charge in [-0.1, -0.05) is 38.1 Å². The fourth-order valence-electron chi connectivity index (χ4n) is 3.87. The smallest absolute Gasteiger partial charge is 0.343 e. The maximum absolute atomic E-state index is 12.6. The Balaban J connectivity index is 1.42. The molecule has 4 aromatic carbocycles. The Labute approximate surface area is 204 Å². The molecule has 0 heterocycles. The van der Waals surface area contributed by atoms with E-state index in [1.807, 2.05) is 24.3 Å². The Bertz CT molecular complexity index is 1290. The molecule has 4 aromatic rings. The normalized spacial score (nSPS) is 12.4. The van der Waals surface area contributed by atoms with Crippen LogP contribution < -0.4 is 9.47 Å². The van der Waals surface area contributed by atoms with Crippen molar-refractivity contribution in [3.63, 3.8) is 0 Å². The van der Waals surface area contributed by atoms with Crippen molar-refractivity contribution < 1.29 is 24.2 Å². The highest BCUT2D eigenvalue weighted by atomic mass is 16.5. The van der Waals surface area contributed by atoms with Crippen LogP contribution in [0.3, 0.4) is 0 Å². The van der Waals surface area contributed by atoms with Crippen molar-refractivity contribution in [2.24, 2.45) is 0 Å². The van der Waals surface area contributed by atoms with Crippen LogP contribution in [-0.4, -0.2) is 17.4 Å². The van der Waals surface area contributed by atoms with Crippen molar-refractivity contribution in [1.82, 2.24) is 0 Å². The second-order valence-electron chi connectivity index (χ2n) is 8.46. The van der Waals surface area contributed by atoms with Gasteiger partial charge in [-0.25, -0.2) is 4.79 Å². The molecule has 0 aromatic heterocycles. The van der Waals surface area contributed by atoms with E-state index in [2.05, 4.69) is 13.8 Å². The van der Waals surface area contributed by atoms with E-state index in [1.54, 1.807) is 72.8 Å². The lowest BCUT2D eigenvalue weighted by Gasteiger charge is -2.30. The van der Waals surface area contributed by atoms with Crippen molar-refractivity contribution >= 4 is 12.3 Å². The summed E-state index contributed by atoms with van der Waals surface area (Å²) in [6.45, 7) is 4.27. The van der Waals surface area contributed by atoms with Gasteiger partial charge in [0.15, 0.2) is 0 Å². The predicted molar refractivity (Wildman–Crippen MR) is 135 cm³/mol. The summed E-state index contributed by atoms with van der Waals surface area (Å²) in [6.07, 6.45) is 1.64. The predicted octanol–water partition coefficient (Wildman–Crippen LogP) is 6.93. The van der Waals surface area contributed by atoms with E-state index in [0.29, 0.717) is 28.4 Å². The molecule has 0 aliphatic carbocycles. The minimum absolute atomic E-state index is 0.236. The third-order valence-electron chi connectivity index (χ3n) is 6.26. The lowest BCUT2D eigenvalue weighted by molar-refractivity contribution is 0.0734. The second kappa shape index (κ2) is 10.3. The molecule has 1 unspecified atom stereocenters. The van der Waals surface area contributed by atoms with E-state index in [4.69, 9.17) is 9.47 Å². The molecule has 5 heteroatoms. The molecule has 176 valence electrons. The number of phenols is 1. The van der Waals surface area contributed by atoms with Crippen LogP contribution in [0.5, 0.6) is 23.0 Å².